The van der Waals surface area contributed by atoms with E-state index in [9.17, 15) is 4.79 Å². The molecule has 5 nitrogen and oxygen atoms in total. The van der Waals surface area contributed by atoms with Gasteiger partial charge in [-0.05, 0) is 31.4 Å². The van der Waals surface area contributed by atoms with E-state index >= 15 is 0 Å². The zero-order valence-corrected chi connectivity index (χ0v) is 11.4. The maximum Gasteiger partial charge on any atom is 0.276 e. The number of nitrogens with two attached hydrogens (primary N) is 1. The molecule has 3 rings (SSSR count). The predicted octanol–water partition coefficient (Wildman–Crippen LogP) is 2.37. The van der Waals surface area contributed by atoms with E-state index in [4.69, 9.17) is 10.3 Å². The summed E-state index contributed by atoms with van der Waals surface area (Å²) < 4.78 is 4.99. The lowest BCUT2D eigenvalue weighted by atomic mass is 10.1. The highest BCUT2D eigenvalue weighted by molar-refractivity contribution is 5.92. The van der Waals surface area contributed by atoms with Crippen LogP contribution >= 0.6 is 0 Å². The molecular formula is C15H17N3O2. The van der Waals surface area contributed by atoms with Crippen molar-refractivity contribution < 1.29 is 9.32 Å². The molecule has 0 atom stereocenters. The van der Waals surface area contributed by atoms with Crippen LogP contribution in [0.4, 0.5) is 5.69 Å². The number of anilines is 1. The number of aromatic nitrogens is 1. The number of nitrogen functional groups attached to an aromatic ring is 1. The van der Waals surface area contributed by atoms with Gasteiger partial charge in [-0.2, -0.15) is 0 Å². The molecular weight excluding hydrogens is 254 g/mol. The Balaban J connectivity index is 1.83. The molecule has 0 spiro atoms. The summed E-state index contributed by atoms with van der Waals surface area (Å²) >= 11 is 0. The van der Waals surface area contributed by atoms with E-state index in [0.717, 1.165) is 18.4 Å². The molecule has 1 fully saturated rings. The number of carbonyl (C=O) groups excluding carboxylic acids is 1. The Kier molecular flexibility index (Phi) is 3.18. The molecule has 1 aliphatic carbocycles. The van der Waals surface area contributed by atoms with Gasteiger partial charge in [0, 0.05) is 24.3 Å². The van der Waals surface area contributed by atoms with E-state index in [0.29, 0.717) is 29.7 Å². The van der Waals surface area contributed by atoms with E-state index in [2.05, 4.69) is 5.16 Å². The Bertz CT molecular complexity index is 632. The van der Waals surface area contributed by atoms with Gasteiger partial charge in [-0.3, -0.25) is 4.79 Å². The molecule has 1 saturated carbocycles. The van der Waals surface area contributed by atoms with Crippen molar-refractivity contribution in [2.75, 3.05) is 5.73 Å². The van der Waals surface area contributed by atoms with Crippen molar-refractivity contribution in [2.45, 2.75) is 32.4 Å². The molecule has 0 saturated heterocycles. The van der Waals surface area contributed by atoms with Gasteiger partial charge in [-0.1, -0.05) is 23.4 Å². The molecule has 1 aromatic carbocycles. The molecule has 0 radical (unpaired) electrons. The number of benzene rings is 1. The maximum absolute atomic E-state index is 12.5. The van der Waals surface area contributed by atoms with Crippen molar-refractivity contribution in [2.24, 2.45) is 0 Å². The summed E-state index contributed by atoms with van der Waals surface area (Å²) in [5.41, 5.74) is 8.00. The first kappa shape index (κ1) is 12.7. The minimum Gasteiger partial charge on any atom is -0.398 e. The van der Waals surface area contributed by atoms with Crippen molar-refractivity contribution in [3.63, 3.8) is 0 Å². The van der Waals surface area contributed by atoms with Crippen LogP contribution in [-0.2, 0) is 6.54 Å². The van der Waals surface area contributed by atoms with Crippen molar-refractivity contribution in [1.29, 1.82) is 0 Å². The average Bonchev–Trinajstić information content (AvgIpc) is 3.18. The van der Waals surface area contributed by atoms with Gasteiger partial charge in [0.25, 0.3) is 5.91 Å². The second kappa shape index (κ2) is 5.00. The zero-order chi connectivity index (χ0) is 14.1. The van der Waals surface area contributed by atoms with Crippen molar-refractivity contribution >= 4 is 11.6 Å². The van der Waals surface area contributed by atoms with Crippen LogP contribution in [0.3, 0.4) is 0 Å². The van der Waals surface area contributed by atoms with E-state index in [-0.39, 0.29) is 5.91 Å². The average molecular weight is 271 g/mol. The van der Waals surface area contributed by atoms with E-state index in [1.807, 2.05) is 29.2 Å². The number of carbonyl (C=O) groups is 1. The Morgan fingerprint density at radius 3 is 2.80 bits per heavy atom. The van der Waals surface area contributed by atoms with Crippen LogP contribution in [0.1, 0.15) is 34.7 Å². The van der Waals surface area contributed by atoms with Crippen LogP contribution in [0.15, 0.2) is 34.9 Å². The fourth-order valence-electron chi connectivity index (χ4n) is 2.23. The monoisotopic (exact) mass is 271 g/mol. The standard InChI is InChI=1S/C15H17N3O2/c1-10-8-14(17-20-10)15(19)18(12-6-7-12)9-11-4-2-3-5-13(11)16/h2-5,8,12H,6-7,9,16H2,1H3. The topological polar surface area (TPSA) is 72.4 Å². The summed E-state index contributed by atoms with van der Waals surface area (Å²) in [4.78, 5) is 14.4. The van der Waals surface area contributed by atoms with Crippen molar-refractivity contribution in [1.82, 2.24) is 10.1 Å². The minimum absolute atomic E-state index is 0.0902. The summed E-state index contributed by atoms with van der Waals surface area (Å²) in [5, 5.41) is 3.81. The lowest BCUT2D eigenvalue weighted by molar-refractivity contribution is 0.0719. The number of aryl methyl sites for hydroxylation is 1. The smallest absolute Gasteiger partial charge is 0.276 e. The molecule has 0 bridgehead atoms. The minimum atomic E-state index is -0.0902. The van der Waals surface area contributed by atoms with Gasteiger partial charge in [0.15, 0.2) is 5.69 Å². The van der Waals surface area contributed by atoms with Gasteiger partial charge in [0.2, 0.25) is 0 Å². The van der Waals surface area contributed by atoms with Gasteiger partial charge in [-0.25, -0.2) is 0 Å². The molecule has 1 amide bonds. The summed E-state index contributed by atoms with van der Waals surface area (Å²) in [6.45, 7) is 2.29. The molecule has 1 heterocycles. The number of hydrogen-bond donors (Lipinski definition) is 1. The molecule has 2 aromatic rings. The predicted molar refractivity (Wildman–Crippen MR) is 75.0 cm³/mol. The first-order valence-electron chi connectivity index (χ1n) is 6.73. The quantitative estimate of drug-likeness (QED) is 0.866. The highest BCUT2D eigenvalue weighted by Crippen LogP contribution is 2.30. The van der Waals surface area contributed by atoms with Crippen LogP contribution in [0.5, 0.6) is 0 Å². The number of nitrogens with zero attached hydrogens (tertiary/aromatic N) is 2. The number of para-hydroxylation sites is 1. The van der Waals surface area contributed by atoms with Gasteiger partial charge >= 0.3 is 0 Å². The van der Waals surface area contributed by atoms with Crippen molar-refractivity contribution in [3.05, 3.63) is 47.3 Å². The van der Waals surface area contributed by atoms with E-state index in [1.54, 1.807) is 13.0 Å². The molecule has 20 heavy (non-hydrogen) atoms. The summed E-state index contributed by atoms with van der Waals surface area (Å²) in [7, 11) is 0. The molecule has 104 valence electrons. The van der Waals surface area contributed by atoms with Gasteiger partial charge in [0.1, 0.15) is 5.76 Å². The Morgan fingerprint density at radius 2 is 2.20 bits per heavy atom. The van der Waals surface area contributed by atoms with Gasteiger partial charge < -0.3 is 15.2 Å². The van der Waals surface area contributed by atoms with Crippen LogP contribution in [0.2, 0.25) is 0 Å². The molecule has 1 aromatic heterocycles. The molecule has 0 unspecified atom stereocenters. The van der Waals surface area contributed by atoms with Gasteiger partial charge in [0.05, 0.1) is 0 Å². The first-order valence-corrected chi connectivity index (χ1v) is 6.73. The zero-order valence-electron chi connectivity index (χ0n) is 11.4. The van der Waals surface area contributed by atoms with Crippen LogP contribution in [-0.4, -0.2) is 22.0 Å². The van der Waals surface area contributed by atoms with E-state index < -0.39 is 0 Å². The number of rotatable bonds is 4. The molecule has 1 aliphatic rings. The highest BCUT2D eigenvalue weighted by atomic mass is 16.5. The third-order valence-corrected chi connectivity index (χ3v) is 3.49. The summed E-state index contributed by atoms with van der Waals surface area (Å²) in [6, 6.07) is 9.59. The third-order valence-electron chi connectivity index (χ3n) is 3.49. The summed E-state index contributed by atoms with van der Waals surface area (Å²) in [5.74, 6) is 0.552. The lowest BCUT2D eigenvalue weighted by Gasteiger charge is -2.22. The SMILES string of the molecule is Cc1cc(C(=O)N(Cc2ccccc2N)C2CC2)no1. The fourth-order valence-corrected chi connectivity index (χ4v) is 2.23. The summed E-state index contributed by atoms with van der Waals surface area (Å²) in [6.07, 6.45) is 2.07. The Morgan fingerprint density at radius 1 is 1.45 bits per heavy atom. The largest absolute Gasteiger partial charge is 0.398 e. The highest BCUT2D eigenvalue weighted by Gasteiger charge is 2.34. The Labute approximate surface area is 117 Å². The van der Waals surface area contributed by atoms with Gasteiger partial charge in [-0.15, -0.1) is 0 Å². The fraction of sp³-hybridized carbons (Fsp3) is 0.333. The first-order chi connectivity index (χ1) is 9.65. The van der Waals surface area contributed by atoms with Crippen molar-refractivity contribution in [3.8, 4) is 0 Å². The van der Waals surface area contributed by atoms with E-state index in [1.165, 1.54) is 0 Å². The Hall–Kier alpha value is -2.30. The number of amides is 1. The second-order valence-electron chi connectivity index (χ2n) is 5.19. The molecule has 5 heteroatoms. The number of hydrogen-bond acceptors (Lipinski definition) is 4. The normalized spacial score (nSPS) is 14.2. The maximum atomic E-state index is 12.5. The van der Waals surface area contributed by atoms with Crippen LogP contribution in [0, 0.1) is 6.92 Å². The molecule has 0 aliphatic heterocycles. The second-order valence-corrected chi connectivity index (χ2v) is 5.19. The van der Waals surface area contributed by atoms with Crippen LogP contribution < -0.4 is 5.73 Å². The van der Waals surface area contributed by atoms with Crippen LogP contribution in [0.25, 0.3) is 0 Å². The molecule has 2 N–H and O–H groups in total. The third kappa shape index (κ3) is 2.52. The lowest BCUT2D eigenvalue weighted by Crippen LogP contribution is -2.33.